The van der Waals surface area contributed by atoms with Gasteiger partial charge in [-0.3, -0.25) is 8.63 Å². The molecule has 0 fully saturated rings. The molecule has 0 saturated heterocycles. The molecule has 0 bridgehead atoms. The number of hydrogen-bond donors (Lipinski definition) is 0. The van der Waals surface area contributed by atoms with Crippen molar-refractivity contribution < 1.29 is 30.6 Å². The van der Waals surface area contributed by atoms with E-state index in [4.69, 9.17) is 4.99 Å². The minimum atomic E-state index is -3.38. The summed E-state index contributed by atoms with van der Waals surface area (Å²) in [6.07, 6.45) is 6.91. The molecule has 0 unspecified atom stereocenters. The van der Waals surface area contributed by atoms with E-state index >= 15 is 26.2 Å². The maximum absolute atomic E-state index is 16.8. The molecule has 5 aromatic carbocycles. The van der Waals surface area contributed by atoms with Gasteiger partial charge >= 0.3 is 7.40 Å². The fourth-order valence-corrected chi connectivity index (χ4v) is 10.5. The van der Waals surface area contributed by atoms with Crippen molar-refractivity contribution >= 4 is 42.5 Å². The smallest absolute Gasteiger partial charge is 0.324 e. The molecule has 1 aromatic heterocycles. The summed E-state index contributed by atoms with van der Waals surface area (Å²) in [5.74, 6) is -11.1. The molecule has 0 N–H and O–H groups in total. The quantitative estimate of drug-likeness (QED) is 0.0595. The van der Waals surface area contributed by atoms with Crippen LogP contribution in [0.25, 0.3) is 40.5 Å². The Balaban J connectivity index is 1.73. The van der Waals surface area contributed by atoms with Crippen LogP contribution in [0.4, 0.5) is 30.6 Å². The van der Waals surface area contributed by atoms with E-state index in [1.165, 1.54) is 0 Å². The zero-order valence-corrected chi connectivity index (χ0v) is 40.5. The first-order valence-electron chi connectivity index (χ1n) is 22.2. The molecular weight excluding hydrogens is 856 g/mol. The molecule has 1 aliphatic rings. The lowest BCUT2D eigenvalue weighted by molar-refractivity contribution is 0.376. The zero-order chi connectivity index (χ0) is 49.2. The highest BCUT2D eigenvalue weighted by molar-refractivity contribution is 6.42. The topological polar surface area (TPSA) is 17.3 Å². The number of aryl methyl sites for hydroxylation is 12. The van der Waals surface area contributed by atoms with Crippen molar-refractivity contribution in [2.75, 3.05) is 0 Å². The highest BCUT2D eigenvalue weighted by Gasteiger charge is 2.39. The van der Waals surface area contributed by atoms with Gasteiger partial charge in [-0.05, 0) is 187 Å². The van der Waals surface area contributed by atoms with Crippen molar-refractivity contribution in [2.45, 2.75) is 96.9 Å². The van der Waals surface area contributed by atoms with E-state index in [0.717, 1.165) is 83.5 Å². The lowest BCUT2D eigenvalue weighted by Crippen LogP contribution is -2.20. The first-order chi connectivity index (χ1) is 31.4. The van der Waals surface area contributed by atoms with Crippen molar-refractivity contribution in [1.82, 2.24) is 4.48 Å². The van der Waals surface area contributed by atoms with E-state index in [2.05, 4.69) is 0 Å². The monoisotopic (exact) mass is 910 g/mol. The molecule has 10 heteroatoms. The summed E-state index contributed by atoms with van der Waals surface area (Å²) in [4.78, 5) is 5.05. The number of aromatic nitrogens is 1. The van der Waals surface area contributed by atoms with E-state index in [1.54, 1.807) is 32.1 Å². The predicted molar refractivity (Wildman–Crippen MR) is 264 cm³/mol. The molecule has 0 spiro atoms. The van der Waals surface area contributed by atoms with Gasteiger partial charge in [0.2, 0.25) is 5.82 Å². The Bertz CT molecular complexity index is 3120. The van der Waals surface area contributed by atoms with E-state index in [1.807, 2.05) is 138 Å². The third kappa shape index (κ3) is 8.60. The van der Waals surface area contributed by atoms with E-state index in [9.17, 15) is 4.39 Å². The van der Waals surface area contributed by atoms with E-state index in [0.29, 0.717) is 32.5 Å². The van der Waals surface area contributed by atoms with Gasteiger partial charge in [0.1, 0.15) is 0 Å². The summed E-state index contributed by atoms with van der Waals surface area (Å²) in [5, 5.41) is 0. The number of nitrogens with zero attached hydrogens (tertiary/aromatic N) is 2. The van der Waals surface area contributed by atoms with Gasteiger partial charge in [-0.2, -0.15) is 0 Å². The van der Waals surface area contributed by atoms with Crippen molar-refractivity contribution in [1.29, 1.82) is 0 Å². The SMILES string of the molecule is CC1=C(c2c(C)cc(C)cc2C)C(/C=C/c2c(C)cc(C)cc2C)=NC/1=C(/c1c(F)c(F)c(F)c(F)c1F)c1c(C)c(-c2c(C)cc(C)cc2C)c(/C=C/c2c(C)cc(C)cc2C)n1B(F)F. The zero-order valence-electron chi connectivity index (χ0n) is 40.5. The van der Waals surface area contributed by atoms with Crippen LogP contribution in [0, 0.1) is 119 Å². The fourth-order valence-electron chi connectivity index (χ4n) is 10.5. The average molecular weight is 911 g/mol. The molecule has 0 radical (unpaired) electrons. The third-order valence-corrected chi connectivity index (χ3v) is 13.0. The van der Waals surface area contributed by atoms with Gasteiger partial charge in [0.25, 0.3) is 0 Å². The van der Waals surface area contributed by atoms with Crippen molar-refractivity contribution in [3.8, 4) is 11.1 Å². The molecule has 1 aliphatic heterocycles. The molecule has 2 nitrogen and oxygen atoms in total. The van der Waals surface area contributed by atoms with Crippen molar-refractivity contribution in [3.63, 3.8) is 0 Å². The first-order valence-corrected chi connectivity index (χ1v) is 22.2. The Morgan fingerprint density at radius 3 is 1.25 bits per heavy atom. The number of allylic oxidation sites excluding steroid dienone is 3. The highest BCUT2D eigenvalue weighted by Crippen LogP contribution is 2.48. The van der Waals surface area contributed by atoms with Gasteiger partial charge in [-0.25, -0.2) is 26.9 Å². The summed E-state index contributed by atoms with van der Waals surface area (Å²) >= 11 is 0. The summed E-state index contributed by atoms with van der Waals surface area (Å²) in [5.41, 5.74) is 12.7. The summed E-state index contributed by atoms with van der Waals surface area (Å²) < 4.78 is 114. The fraction of sp³-hybridized carbons (Fsp3) is 0.246. The van der Waals surface area contributed by atoms with Crippen molar-refractivity contribution in [2.24, 2.45) is 4.99 Å². The normalized spacial score (nSPS) is 13.8. The number of halogens is 7. The van der Waals surface area contributed by atoms with Crippen LogP contribution in [-0.4, -0.2) is 17.6 Å². The molecular formula is C57H54BF7N2. The van der Waals surface area contributed by atoms with Crippen LogP contribution in [0.1, 0.15) is 113 Å². The predicted octanol–water partition coefficient (Wildman–Crippen LogP) is 16.2. The molecule has 344 valence electrons. The highest BCUT2D eigenvalue weighted by atomic mass is 19.2. The van der Waals surface area contributed by atoms with Gasteiger partial charge < -0.3 is 4.48 Å². The van der Waals surface area contributed by atoms with E-state index in [-0.39, 0.29) is 17.0 Å². The van der Waals surface area contributed by atoms with Crippen LogP contribution in [0.2, 0.25) is 0 Å². The van der Waals surface area contributed by atoms with Gasteiger partial charge in [-0.15, -0.1) is 0 Å². The van der Waals surface area contributed by atoms with Crippen molar-refractivity contribution in [3.05, 3.63) is 201 Å². The van der Waals surface area contributed by atoms with Crippen LogP contribution >= 0.6 is 0 Å². The first kappa shape index (κ1) is 48.5. The number of benzene rings is 5. The maximum atomic E-state index is 16.8. The summed E-state index contributed by atoms with van der Waals surface area (Å²) in [6.45, 7) is 26.3. The second kappa shape index (κ2) is 18.3. The average Bonchev–Trinajstić information content (AvgIpc) is 3.68. The molecule has 0 saturated carbocycles. The lowest BCUT2D eigenvalue weighted by Gasteiger charge is -2.19. The molecule has 0 atom stereocenters. The van der Waals surface area contributed by atoms with Crippen LogP contribution < -0.4 is 0 Å². The van der Waals surface area contributed by atoms with E-state index < -0.39 is 53.3 Å². The Morgan fingerprint density at radius 1 is 0.463 bits per heavy atom. The van der Waals surface area contributed by atoms with Crippen LogP contribution in [0.5, 0.6) is 0 Å². The summed E-state index contributed by atoms with van der Waals surface area (Å²) in [6, 6.07) is 15.8. The maximum Gasteiger partial charge on any atom is 0.678 e. The molecule has 0 amide bonds. The number of rotatable bonds is 9. The Labute approximate surface area is 390 Å². The van der Waals surface area contributed by atoms with Crippen LogP contribution in [0.3, 0.4) is 0 Å². The second-order valence-electron chi connectivity index (χ2n) is 18.4. The molecule has 6 aromatic rings. The third-order valence-electron chi connectivity index (χ3n) is 13.0. The van der Waals surface area contributed by atoms with Crippen LogP contribution in [0.15, 0.2) is 70.9 Å². The van der Waals surface area contributed by atoms with Gasteiger partial charge in [0, 0.05) is 28.1 Å². The van der Waals surface area contributed by atoms with Crippen LogP contribution in [-0.2, 0) is 0 Å². The molecule has 0 aliphatic carbocycles. The lowest BCUT2D eigenvalue weighted by atomic mass is 9.86. The molecule has 2 heterocycles. The minimum Gasteiger partial charge on any atom is -0.324 e. The number of hydrogen-bond acceptors (Lipinski definition) is 1. The number of aliphatic imine (C=N–C) groups is 1. The molecule has 67 heavy (non-hydrogen) atoms. The second-order valence-corrected chi connectivity index (χ2v) is 18.4. The summed E-state index contributed by atoms with van der Waals surface area (Å²) in [7, 11) is -3.38. The minimum absolute atomic E-state index is 0.0293. The largest absolute Gasteiger partial charge is 0.678 e. The van der Waals surface area contributed by atoms with Gasteiger partial charge in [-0.1, -0.05) is 82.9 Å². The Morgan fingerprint density at radius 2 is 0.836 bits per heavy atom. The van der Waals surface area contributed by atoms with Gasteiger partial charge in [0.15, 0.2) is 23.3 Å². The molecule has 7 rings (SSSR count). The van der Waals surface area contributed by atoms with Gasteiger partial charge in [0.05, 0.1) is 17.0 Å². The standard InChI is InChI=1S/C57H54BF7N2/c1-27-19-31(5)41(32(6)20-27)15-17-43-47(45-35(9)23-29(3)24-36(45)10)39(13)56(66-43)50(49-51(59)53(61)55(63)54(62)52(49)60)57-40(14)48(46-37(11)25-30(4)26-38(46)12)44(67(57)58(64)65)18-16-42-33(7)21-28(2)22-34(42)8/h15-26H,1-14H3/b17-15+,18-16+,56-50-. The Kier molecular flexibility index (Phi) is 13.3. The Hall–Kier alpha value is -6.42.